The van der Waals surface area contributed by atoms with Crippen LogP contribution in [0.25, 0.3) is 17.2 Å². The molecule has 0 amide bonds. The number of nitrogens with zero attached hydrogens (tertiary/aromatic N) is 4. The van der Waals surface area contributed by atoms with Crippen LogP contribution < -0.4 is 0 Å². The van der Waals surface area contributed by atoms with Crippen LogP contribution in [0.15, 0.2) is 41.3 Å². The fraction of sp³-hybridized carbons (Fsp3) is 0. The Morgan fingerprint density at radius 2 is 2.15 bits per heavy atom. The molecule has 0 atom stereocenters. The van der Waals surface area contributed by atoms with Gasteiger partial charge in [0.05, 0.1) is 16.9 Å². The number of hydrogen-bond donors (Lipinski definition) is 1. The first-order valence-corrected chi connectivity index (χ1v) is 7.14. The number of aromatic amines is 1. The van der Waals surface area contributed by atoms with E-state index in [1.165, 1.54) is 0 Å². The first-order valence-electron chi connectivity index (χ1n) is 5.56. The monoisotopic (exact) mass is 367 g/mol. The standard InChI is InChI=1S/C12H7BrClN5S/c13-7-1-2-10(8(14)5-7)19-11(17-18-12(19)20)9-6-15-3-4-16-9/h1-6H,(H,18,20). The zero-order chi connectivity index (χ0) is 14.1. The Hall–Kier alpha value is -1.57. The quantitative estimate of drug-likeness (QED) is 0.699. The summed E-state index contributed by atoms with van der Waals surface area (Å²) in [7, 11) is 0. The highest BCUT2D eigenvalue weighted by Gasteiger charge is 2.14. The van der Waals surface area contributed by atoms with E-state index in [4.69, 9.17) is 23.8 Å². The molecule has 1 N–H and O–H groups in total. The average molecular weight is 369 g/mol. The maximum atomic E-state index is 6.28. The molecule has 0 aliphatic carbocycles. The van der Waals surface area contributed by atoms with Crippen molar-refractivity contribution in [3.05, 3.63) is 51.1 Å². The second-order valence-electron chi connectivity index (χ2n) is 3.87. The molecule has 1 aromatic carbocycles. The molecule has 0 saturated carbocycles. The van der Waals surface area contributed by atoms with E-state index in [9.17, 15) is 0 Å². The van der Waals surface area contributed by atoms with Crippen LogP contribution in [0.2, 0.25) is 5.02 Å². The van der Waals surface area contributed by atoms with Gasteiger partial charge in [0.15, 0.2) is 10.6 Å². The lowest BCUT2D eigenvalue weighted by molar-refractivity contribution is 1.02. The van der Waals surface area contributed by atoms with Crippen molar-refractivity contribution in [1.29, 1.82) is 0 Å². The van der Waals surface area contributed by atoms with E-state index < -0.39 is 0 Å². The third-order valence-corrected chi connectivity index (χ3v) is 3.69. The number of halogens is 2. The molecule has 0 spiro atoms. The highest BCUT2D eigenvalue weighted by atomic mass is 79.9. The van der Waals surface area contributed by atoms with Crippen molar-refractivity contribution < 1.29 is 0 Å². The fourth-order valence-corrected chi connectivity index (χ4v) is 2.76. The van der Waals surface area contributed by atoms with Gasteiger partial charge in [0.2, 0.25) is 0 Å². The number of nitrogens with one attached hydrogen (secondary N) is 1. The molecule has 0 aliphatic rings. The van der Waals surface area contributed by atoms with E-state index in [1.807, 2.05) is 12.1 Å². The molecule has 0 unspecified atom stereocenters. The van der Waals surface area contributed by atoms with Crippen LogP contribution in [0.3, 0.4) is 0 Å². The van der Waals surface area contributed by atoms with Crippen LogP contribution in [0.4, 0.5) is 0 Å². The SMILES string of the molecule is S=c1[nH]nc(-c2cnccn2)n1-c1ccc(Br)cc1Cl. The average Bonchev–Trinajstić information content (AvgIpc) is 2.82. The van der Waals surface area contributed by atoms with Gasteiger partial charge < -0.3 is 0 Å². The smallest absolute Gasteiger partial charge is 0.200 e. The number of benzene rings is 1. The van der Waals surface area contributed by atoms with Crippen molar-refractivity contribution in [2.75, 3.05) is 0 Å². The summed E-state index contributed by atoms with van der Waals surface area (Å²) in [6.45, 7) is 0. The molecule has 3 aromatic rings. The van der Waals surface area contributed by atoms with E-state index >= 15 is 0 Å². The second-order valence-corrected chi connectivity index (χ2v) is 5.58. The predicted molar refractivity (Wildman–Crippen MR) is 82.5 cm³/mol. The lowest BCUT2D eigenvalue weighted by Gasteiger charge is -2.08. The van der Waals surface area contributed by atoms with Gasteiger partial charge in [-0.15, -0.1) is 0 Å². The van der Waals surface area contributed by atoms with E-state index in [0.29, 0.717) is 21.3 Å². The van der Waals surface area contributed by atoms with Crippen LogP contribution in [-0.2, 0) is 0 Å². The van der Waals surface area contributed by atoms with Gasteiger partial charge in [-0.3, -0.25) is 14.6 Å². The molecule has 2 aromatic heterocycles. The summed E-state index contributed by atoms with van der Waals surface area (Å²) in [6, 6.07) is 5.54. The van der Waals surface area contributed by atoms with Crippen LogP contribution >= 0.6 is 39.7 Å². The number of H-pyrrole nitrogens is 1. The zero-order valence-corrected chi connectivity index (χ0v) is 13.1. The summed E-state index contributed by atoms with van der Waals surface area (Å²) in [5.41, 5.74) is 1.34. The van der Waals surface area contributed by atoms with Crippen LogP contribution in [0.1, 0.15) is 0 Å². The van der Waals surface area contributed by atoms with Crippen molar-refractivity contribution >= 4 is 39.7 Å². The minimum Gasteiger partial charge on any atom is -0.265 e. The number of aromatic nitrogens is 5. The fourth-order valence-electron chi connectivity index (χ4n) is 1.77. The Kier molecular flexibility index (Phi) is 3.64. The first kappa shape index (κ1) is 13.4. The Labute approximate surface area is 132 Å². The first-order chi connectivity index (χ1) is 9.66. The highest BCUT2D eigenvalue weighted by molar-refractivity contribution is 9.10. The molecule has 0 bridgehead atoms. The van der Waals surface area contributed by atoms with Gasteiger partial charge in [0, 0.05) is 16.9 Å². The molecule has 100 valence electrons. The van der Waals surface area contributed by atoms with Gasteiger partial charge in [-0.1, -0.05) is 27.5 Å². The van der Waals surface area contributed by atoms with Crippen molar-refractivity contribution in [2.24, 2.45) is 0 Å². The topological polar surface area (TPSA) is 59.4 Å². The summed E-state index contributed by atoms with van der Waals surface area (Å²) in [5, 5.41) is 7.51. The summed E-state index contributed by atoms with van der Waals surface area (Å²) < 4.78 is 3.06. The number of hydrogen-bond acceptors (Lipinski definition) is 4. The van der Waals surface area contributed by atoms with Crippen molar-refractivity contribution in [3.8, 4) is 17.2 Å². The normalized spacial score (nSPS) is 10.7. The van der Waals surface area contributed by atoms with Crippen LogP contribution in [0.5, 0.6) is 0 Å². The van der Waals surface area contributed by atoms with Crippen molar-refractivity contribution in [2.45, 2.75) is 0 Å². The molecule has 0 fully saturated rings. The van der Waals surface area contributed by atoms with Gasteiger partial charge in [0.25, 0.3) is 0 Å². The van der Waals surface area contributed by atoms with Crippen molar-refractivity contribution in [1.82, 2.24) is 24.7 Å². The summed E-state index contributed by atoms with van der Waals surface area (Å²) in [5.74, 6) is 0.562. The zero-order valence-electron chi connectivity index (χ0n) is 9.92. The second kappa shape index (κ2) is 5.43. The molecule has 0 aliphatic heterocycles. The largest absolute Gasteiger partial charge is 0.265 e. The van der Waals surface area contributed by atoms with Gasteiger partial charge >= 0.3 is 0 Å². The molecular formula is C12H7BrClN5S. The Balaban J connectivity index is 2.25. The Morgan fingerprint density at radius 1 is 1.30 bits per heavy atom. The third kappa shape index (κ3) is 2.39. The summed E-state index contributed by atoms with van der Waals surface area (Å²) >= 11 is 14.9. The van der Waals surface area contributed by atoms with E-state index in [2.05, 4.69) is 36.1 Å². The lowest BCUT2D eigenvalue weighted by Crippen LogP contribution is -2.00. The lowest BCUT2D eigenvalue weighted by atomic mass is 10.3. The highest BCUT2D eigenvalue weighted by Crippen LogP contribution is 2.27. The third-order valence-electron chi connectivity index (χ3n) is 2.62. The maximum Gasteiger partial charge on any atom is 0.200 e. The molecule has 3 rings (SSSR count). The van der Waals surface area contributed by atoms with Gasteiger partial charge in [-0.25, -0.2) is 4.98 Å². The molecule has 20 heavy (non-hydrogen) atoms. The van der Waals surface area contributed by atoms with Gasteiger partial charge in [-0.05, 0) is 30.4 Å². The van der Waals surface area contributed by atoms with Crippen LogP contribution in [0, 0.1) is 4.77 Å². The van der Waals surface area contributed by atoms with Crippen molar-refractivity contribution in [3.63, 3.8) is 0 Å². The van der Waals surface area contributed by atoms with Crippen LogP contribution in [-0.4, -0.2) is 24.7 Å². The molecule has 8 heteroatoms. The molecule has 2 heterocycles. The minimum atomic E-state index is 0.440. The van der Waals surface area contributed by atoms with E-state index in [0.717, 1.165) is 10.2 Å². The number of rotatable bonds is 2. The predicted octanol–water partition coefficient (Wildman–Crippen LogP) is 3.80. The van der Waals surface area contributed by atoms with E-state index in [1.54, 1.807) is 29.2 Å². The van der Waals surface area contributed by atoms with E-state index in [-0.39, 0.29) is 0 Å². The van der Waals surface area contributed by atoms with Gasteiger partial charge in [-0.2, -0.15) is 5.10 Å². The molecule has 0 saturated heterocycles. The summed E-state index contributed by atoms with van der Waals surface area (Å²) in [4.78, 5) is 8.27. The Bertz CT molecular complexity index is 814. The molecule has 5 nitrogen and oxygen atoms in total. The molecular weight excluding hydrogens is 362 g/mol. The Morgan fingerprint density at radius 3 is 2.85 bits per heavy atom. The summed E-state index contributed by atoms with van der Waals surface area (Å²) in [6.07, 6.45) is 4.82. The minimum absolute atomic E-state index is 0.440. The maximum absolute atomic E-state index is 6.28. The molecule has 0 radical (unpaired) electrons. The van der Waals surface area contributed by atoms with Gasteiger partial charge in [0.1, 0.15) is 5.69 Å².